The van der Waals surface area contributed by atoms with E-state index < -0.39 is 0 Å². The highest BCUT2D eigenvalue weighted by Gasteiger charge is 2.08. The van der Waals surface area contributed by atoms with Crippen LogP contribution < -0.4 is 10.1 Å². The van der Waals surface area contributed by atoms with Crippen molar-refractivity contribution in [3.63, 3.8) is 0 Å². The van der Waals surface area contributed by atoms with Crippen molar-refractivity contribution in [2.75, 3.05) is 18.2 Å². The lowest BCUT2D eigenvalue weighted by molar-refractivity contribution is -0.113. The van der Waals surface area contributed by atoms with Gasteiger partial charge in [0.25, 0.3) is 0 Å². The van der Waals surface area contributed by atoms with Crippen molar-refractivity contribution in [2.45, 2.75) is 5.16 Å². The third-order valence-corrected chi connectivity index (χ3v) is 5.58. The van der Waals surface area contributed by atoms with Gasteiger partial charge in [-0.15, -0.1) is 0 Å². The summed E-state index contributed by atoms with van der Waals surface area (Å²) in [6, 6.07) is 22.0. The van der Waals surface area contributed by atoms with Gasteiger partial charge in [-0.25, -0.2) is 4.98 Å². The molecule has 0 unspecified atom stereocenters. The van der Waals surface area contributed by atoms with Crippen molar-refractivity contribution in [3.8, 4) is 5.75 Å². The number of ketones is 1. The van der Waals surface area contributed by atoms with E-state index in [1.807, 2.05) is 48.5 Å². The van der Waals surface area contributed by atoms with E-state index in [0.717, 1.165) is 22.3 Å². The first-order valence-electron chi connectivity index (χ1n) is 9.94. The first-order chi connectivity index (χ1) is 15.6. The molecule has 32 heavy (non-hydrogen) atoms. The minimum Gasteiger partial charge on any atom is -0.497 e. The molecule has 1 heterocycles. The van der Waals surface area contributed by atoms with Crippen LogP contribution in [-0.2, 0) is 4.79 Å². The number of rotatable bonds is 8. The zero-order valence-corrected chi connectivity index (χ0v) is 18.2. The van der Waals surface area contributed by atoms with Crippen molar-refractivity contribution < 1.29 is 14.3 Å². The molecule has 0 saturated heterocycles. The highest BCUT2D eigenvalue weighted by atomic mass is 32.2. The maximum absolute atomic E-state index is 12.4. The number of nitrogens with one attached hydrogen (secondary N) is 2. The second-order valence-corrected chi connectivity index (χ2v) is 7.91. The molecule has 1 amide bonds. The summed E-state index contributed by atoms with van der Waals surface area (Å²) >= 11 is 1.34. The Morgan fingerprint density at radius 2 is 1.78 bits per heavy atom. The maximum atomic E-state index is 12.4. The van der Waals surface area contributed by atoms with Gasteiger partial charge in [0.2, 0.25) is 5.91 Å². The van der Waals surface area contributed by atoms with Crippen LogP contribution in [0, 0.1) is 0 Å². The molecule has 0 saturated carbocycles. The minimum absolute atomic E-state index is 0.112. The quantitative estimate of drug-likeness (QED) is 0.222. The molecule has 0 radical (unpaired) electrons. The van der Waals surface area contributed by atoms with Gasteiger partial charge in [0, 0.05) is 11.3 Å². The molecule has 0 aliphatic carbocycles. The van der Waals surface area contributed by atoms with Crippen LogP contribution in [0.5, 0.6) is 5.75 Å². The number of carbonyl (C=O) groups is 2. The average Bonchev–Trinajstić information content (AvgIpc) is 3.25. The number of aromatic nitrogens is 2. The molecular weight excluding hydrogens is 422 g/mol. The first kappa shape index (κ1) is 21.4. The smallest absolute Gasteiger partial charge is 0.234 e. The van der Waals surface area contributed by atoms with E-state index in [1.165, 1.54) is 17.8 Å². The fraction of sp³-hybridized carbons (Fsp3) is 0.0800. The van der Waals surface area contributed by atoms with Crippen LogP contribution >= 0.6 is 11.8 Å². The number of aromatic amines is 1. The van der Waals surface area contributed by atoms with Crippen molar-refractivity contribution in [2.24, 2.45) is 0 Å². The Balaban J connectivity index is 1.29. The Kier molecular flexibility index (Phi) is 6.67. The third kappa shape index (κ3) is 5.44. The van der Waals surface area contributed by atoms with Gasteiger partial charge in [0.15, 0.2) is 10.9 Å². The number of allylic oxidation sites excluding steroid dienone is 1. The monoisotopic (exact) mass is 443 g/mol. The Morgan fingerprint density at radius 1 is 1.03 bits per heavy atom. The number of benzene rings is 3. The summed E-state index contributed by atoms with van der Waals surface area (Å²) in [5, 5.41) is 3.54. The Hall–Kier alpha value is -3.84. The van der Waals surface area contributed by atoms with Crippen molar-refractivity contribution in [3.05, 3.63) is 90.0 Å². The summed E-state index contributed by atoms with van der Waals surface area (Å²) in [5.74, 6) is 0.737. The number of hydrogen-bond acceptors (Lipinski definition) is 5. The molecule has 0 fully saturated rings. The Bertz CT molecular complexity index is 1230. The third-order valence-electron chi connectivity index (χ3n) is 4.70. The van der Waals surface area contributed by atoms with Crippen molar-refractivity contribution in [1.82, 2.24) is 9.97 Å². The van der Waals surface area contributed by atoms with Crippen LogP contribution in [0.2, 0.25) is 0 Å². The second-order valence-electron chi connectivity index (χ2n) is 6.94. The SMILES string of the molecule is COc1ccc(/C=C/C(=O)c2ccc(NC(=O)CSc3nc4ccccc4[nH]3)cc2)cc1. The molecule has 2 N–H and O–H groups in total. The number of fused-ring (bicyclic) bond motifs is 1. The summed E-state index contributed by atoms with van der Waals surface area (Å²) in [7, 11) is 1.61. The summed E-state index contributed by atoms with van der Waals surface area (Å²) in [4.78, 5) is 32.3. The molecule has 6 nitrogen and oxygen atoms in total. The number of imidazole rings is 1. The molecule has 4 rings (SSSR count). The van der Waals surface area contributed by atoms with Crippen LogP contribution in [0.1, 0.15) is 15.9 Å². The molecule has 0 aliphatic rings. The van der Waals surface area contributed by atoms with Crippen LogP contribution in [0.25, 0.3) is 17.1 Å². The number of thioether (sulfide) groups is 1. The van der Waals surface area contributed by atoms with E-state index in [0.29, 0.717) is 16.4 Å². The van der Waals surface area contributed by atoms with Crippen LogP contribution in [0.15, 0.2) is 84.0 Å². The number of ether oxygens (including phenoxy) is 1. The first-order valence-corrected chi connectivity index (χ1v) is 10.9. The number of amides is 1. The molecule has 0 aliphatic heterocycles. The largest absolute Gasteiger partial charge is 0.497 e. The van der Waals surface area contributed by atoms with Gasteiger partial charge < -0.3 is 15.0 Å². The second kappa shape index (κ2) is 9.98. The van der Waals surface area contributed by atoms with E-state index in [9.17, 15) is 9.59 Å². The number of hydrogen-bond donors (Lipinski definition) is 2. The Labute approximate surface area is 189 Å². The normalized spacial score (nSPS) is 11.0. The maximum Gasteiger partial charge on any atom is 0.234 e. The standard InChI is InChI=1S/C25H21N3O3S/c1-31-20-13-6-17(7-14-20)8-15-23(29)18-9-11-19(12-10-18)26-24(30)16-32-25-27-21-4-2-3-5-22(21)28-25/h2-15H,16H2,1H3,(H,26,30)(H,27,28)/b15-8+. The number of carbonyl (C=O) groups excluding carboxylic acids is 2. The van der Waals surface area contributed by atoms with Gasteiger partial charge in [0.1, 0.15) is 5.75 Å². The molecule has 7 heteroatoms. The number of H-pyrrole nitrogens is 1. The number of methoxy groups -OCH3 is 1. The topological polar surface area (TPSA) is 84.1 Å². The predicted molar refractivity (Wildman–Crippen MR) is 128 cm³/mol. The van der Waals surface area contributed by atoms with Gasteiger partial charge >= 0.3 is 0 Å². The zero-order valence-electron chi connectivity index (χ0n) is 17.4. The summed E-state index contributed by atoms with van der Waals surface area (Å²) in [6.45, 7) is 0. The molecule has 0 atom stereocenters. The fourth-order valence-electron chi connectivity index (χ4n) is 3.03. The lowest BCUT2D eigenvalue weighted by Gasteiger charge is -2.05. The highest BCUT2D eigenvalue weighted by Crippen LogP contribution is 2.20. The molecule has 1 aromatic heterocycles. The van der Waals surface area contributed by atoms with E-state index in [4.69, 9.17) is 4.74 Å². The summed E-state index contributed by atoms with van der Waals surface area (Å²) in [6.07, 6.45) is 3.28. The average molecular weight is 444 g/mol. The predicted octanol–water partition coefficient (Wildman–Crippen LogP) is 5.20. The lowest BCUT2D eigenvalue weighted by Crippen LogP contribution is -2.14. The fourth-order valence-corrected chi connectivity index (χ4v) is 3.71. The molecule has 0 spiro atoms. The van der Waals surface area contributed by atoms with Gasteiger partial charge in [-0.05, 0) is 60.2 Å². The van der Waals surface area contributed by atoms with E-state index in [-0.39, 0.29) is 17.4 Å². The molecule has 160 valence electrons. The van der Waals surface area contributed by atoms with Gasteiger partial charge in [-0.1, -0.05) is 42.1 Å². The minimum atomic E-state index is -0.145. The van der Waals surface area contributed by atoms with Crippen molar-refractivity contribution >= 4 is 46.2 Å². The Morgan fingerprint density at radius 3 is 2.50 bits per heavy atom. The van der Waals surface area contributed by atoms with E-state index in [1.54, 1.807) is 37.5 Å². The summed E-state index contributed by atoms with van der Waals surface area (Å²) < 4.78 is 5.13. The van der Waals surface area contributed by atoms with Gasteiger partial charge in [-0.2, -0.15) is 0 Å². The van der Waals surface area contributed by atoms with Gasteiger partial charge in [-0.3, -0.25) is 9.59 Å². The highest BCUT2D eigenvalue weighted by molar-refractivity contribution is 7.99. The van der Waals surface area contributed by atoms with Crippen LogP contribution in [0.4, 0.5) is 5.69 Å². The van der Waals surface area contributed by atoms with E-state index in [2.05, 4.69) is 15.3 Å². The number of anilines is 1. The van der Waals surface area contributed by atoms with E-state index >= 15 is 0 Å². The lowest BCUT2D eigenvalue weighted by atomic mass is 10.1. The van der Waals surface area contributed by atoms with Crippen LogP contribution in [-0.4, -0.2) is 34.5 Å². The molecule has 3 aromatic carbocycles. The van der Waals surface area contributed by atoms with Crippen molar-refractivity contribution in [1.29, 1.82) is 0 Å². The van der Waals surface area contributed by atoms with Crippen LogP contribution in [0.3, 0.4) is 0 Å². The molecule has 0 bridgehead atoms. The van der Waals surface area contributed by atoms with Gasteiger partial charge in [0.05, 0.1) is 23.9 Å². The molecule has 4 aromatic rings. The summed E-state index contributed by atoms with van der Waals surface area (Å²) in [5.41, 5.74) is 3.90. The number of nitrogens with zero attached hydrogens (tertiary/aromatic N) is 1. The molecular formula is C25H21N3O3S. The zero-order chi connectivity index (χ0) is 22.3. The number of para-hydroxylation sites is 2.